The Hall–Kier alpha value is -4.52. The van der Waals surface area contributed by atoms with E-state index in [0.717, 1.165) is 11.1 Å². The van der Waals surface area contributed by atoms with Crippen molar-refractivity contribution in [2.45, 2.75) is 6.92 Å². The van der Waals surface area contributed by atoms with Crippen LogP contribution >= 0.6 is 0 Å². The van der Waals surface area contributed by atoms with E-state index in [1.54, 1.807) is 18.2 Å². The minimum Gasteiger partial charge on any atom is -0.504 e. The molecule has 4 aromatic rings. The lowest BCUT2D eigenvalue weighted by atomic mass is 9.90. The zero-order valence-corrected chi connectivity index (χ0v) is 17.3. The minimum atomic E-state index is -0.877. The molecule has 0 amide bonds. The number of benzene rings is 2. The molecule has 0 aliphatic heterocycles. The number of carbonyl (C=O) groups is 2. The van der Waals surface area contributed by atoms with Crippen LogP contribution in [0, 0.1) is 6.92 Å². The maximum Gasteiger partial charge on any atom is 0.303 e. The molecular formula is C25H20N4O3. The van der Waals surface area contributed by atoms with E-state index in [2.05, 4.69) is 15.2 Å². The van der Waals surface area contributed by atoms with Gasteiger partial charge >= 0.3 is 5.91 Å². The number of nitrogens with zero attached hydrogens (tertiary/aromatic N) is 3. The lowest BCUT2D eigenvalue weighted by Crippen LogP contribution is -2.24. The Morgan fingerprint density at radius 2 is 1.66 bits per heavy atom. The van der Waals surface area contributed by atoms with Crippen molar-refractivity contribution in [3.63, 3.8) is 0 Å². The van der Waals surface area contributed by atoms with Gasteiger partial charge in [0.05, 0.1) is 5.57 Å². The normalized spacial score (nSPS) is 12.3. The van der Waals surface area contributed by atoms with Gasteiger partial charge in [-0.2, -0.15) is 5.10 Å². The topological polar surface area (TPSA) is 101 Å². The molecule has 32 heavy (non-hydrogen) atoms. The molecule has 2 heterocycles. The number of aromatic nitrogens is 4. The molecule has 0 bridgehead atoms. The van der Waals surface area contributed by atoms with Crippen LogP contribution in [0.2, 0.25) is 0 Å². The third kappa shape index (κ3) is 4.32. The number of H-pyrrole nitrogens is 1. The van der Waals surface area contributed by atoms with Gasteiger partial charge in [0.2, 0.25) is 0 Å². The zero-order chi connectivity index (χ0) is 22.5. The Morgan fingerprint density at radius 1 is 0.969 bits per heavy atom. The summed E-state index contributed by atoms with van der Waals surface area (Å²) < 4.78 is 1.17. The second-order valence-electron chi connectivity index (χ2n) is 7.12. The van der Waals surface area contributed by atoms with Crippen LogP contribution in [-0.2, 0) is 4.79 Å². The summed E-state index contributed by atoms with van der Waals surface area (Å²) in [6, 6.07) is 20.1. The van der Waals surface area contributed by atoms with E-state index < -0.39 is 17.4 Å². The van der Waals surface area contributed by atoms with E-state index >= 15 is 0 Å². The van der Waals surface area contributed by atoms with Gasteiger partial charge in [0.1, 0.15) is 6.33 Å². The number of aliphatic hydroxyl groups excluding tert-OH is 1. The highest BCUT2D eigenvalue weighted by atomic mass is 16.3. The van der Waals surface area contributed by atoms with E-state index in [1.807, 2.05) is 61.5 Å². The number of aliphatic hydroxyl groups is 1. The fourth-order valence-corrected chi connectivity index (χ4v) is 3.24. The predicted octanol–water partition coefficient (Wildman–Crippen LogP) is 4.33. The Morgan fingerprint density at radius 3 is 2.28 bits per heavy atom. The first-order valence-electron chi connectivity index (χ1n) is 9.89. The quantitative estimate of drug-likeness (QED) is 0.158. The molecule has 0 atom stereocenters. The van der Waals surface area contributed by atoms with Crippen LogP contribution in [0.5, 0.6) is 0 Å². The van der Waals surface area contributed by atoms with E-state index in [0.29, 0.717) is 11.1 Å². The van der Waals surface area contributed by atoms with Crippen LogP contribution in [0.4, 0.5) is 0 Å². The number of carbonyl (C=O) groups excluding carboxylic acids is 2. The molecule has 2 aromatic heterocycles. The Labute approximate surface area is 184 Å². The van der Waals surface area contributed by atoms with Crippen molar-refractivity contribution < 1.29 is 14.7 Å². The van der Waals surface area contributed by atoms with E-state index in [4.69, 9.17) is 0 Å². The number of nitrogens with one attached hydrogen (secondary N) is 1. The summed E-state index contributed by atoms with van der Waals surface area (Å²) in [7, 11) is 0. The van der Waals surface area contributed by atoms with Gasteiger partial charge in [0.15, 0.2) is 11.6 Å². The average molecular weight is 424 g/mol. The lowest BCUT2D eigenvalue weighted by molar-refractivity contribution is -0.112. The van der Waals surface area contributed by atoms with Crippen molar-refractivity contribution >= 4 is 29.1 Å². The largest absolute Gasteiger partial charge is 0.504 e. The van der Waals surface area contributed by atoms with Gasteiger partial charge in [-0.1, -0.05) is 60.2 Å². The molecule has 0 aliphatic rings. The molecule has 158 valence electrons. The van der Waals surface area contributed by atoms with Gasteiger partial charge in [-0.25, -0.2) is 4.98 Å². The molecule has 0 saturated heterocycles. The van der Waals surface area contributed by atoms with Crippen molar-refractivity contribution in [2.24, 2.45) is 0 Å². The fraction of sp³-hybridized carbons (Fsp3) is 0.0400. The lowest BCUT2D eigenvalue weighted by Gasteiger charge is -2.14. The third-order valence-electron chi connectivity index (χ3n) is 4.88. The molecule has 0 radical (unpaired) electrons. The van der Waals surface area contributed by atoms with Crippen LogP contribution in [0.3, 0.4) is 0 Å². The second kappa shape index (κ2) is 9.09. The number of aryl methyl sites for hydroxylation is 1. The number of allylic oxidation sites excluding steroid dienone is 2. The maximum atomic E-state index is 13.5. The maximum absolute atomic E-state index is 13.5. The van der Waals surface area contributed by atoms with Crippen molar-refractivity contribution in [2.75, 3.05) is 0 Å². The number of hydrogen-bond acceptors (Lipinski definition) is 5. The molecule has 2 aromatic carbocycles. The summed E-state index contributed by atoms with van der Waals surface area (Å²) in [6.07, 6.45) is 5.94. The van der Waals surface area contributed by atoms with Gasteiger partial charge in [-0.3, -0.25) is 19.3 Å². The van der Waals surface area contributed by atoms with Crippen molar-refractivity contribution in [1.82, 2.24) is 19.7 Å². The van der Waals surface area contributed by atoms with Gasteiger partial charge < -0.3 is 5.11 Å². The van der Waals surface area contributed by atoms with Crippen molar-refractivity contribution in [3.05, 3.63) is 114 Å². The number of Topliss-reactive ketones (excluding diaryl/α,β-unsaturated/α-hetero) is 1. The van der Waals surface area contributed by atoms with E-state index in [9.17, 15) is 14.7 Å². The van der Waals surface area contributed by atoms with Gasteiger partial charge in [-0.05, 0) is 41.8 Å². The highest BCUT2D eigenvalue weighted by molar-refractivity contribution is 6.48. The summed E-state index contributed by atoms with van der Waals surface area (Å²) in [5.74, 6) is -2.16. The highest BCUT2D eigenvalue weighted by Gasteiger charge is 2.29. The first kappa shape index (κ1) is 20.7. The smallest absolute Gasteiger partial charge is 0.303 e. The molecule has 7 nitrogen and oxygen atoms in total. The van der Waals surface area contributed by atoms with Crippen LogP contribution in [0.25, 0.3) is 17.4 Å². The van der Waals surface area contributed by atoms with Crippen LogP contribution in [0.1, 0.15) is 27.3 Å². The minimum absolute atomic E-state index is 0.0141. The van der Waals surface area contributed by atoms with Crippen LogP contribution < -0.4 is 0 Å². The third-order valence-corrected chi connectivity index (χ3v) is 4.88. The number of ketones is 1. The van der Waals surface area contributed by atoms with Crippen molar-refractivity contribution in [1.29, 1.82) is 0 Å². The molecule has 0 unspecified atom stereocenters. The fourth-order valence-electron chi connectivity index (χ4n) is 3.24. The summed E-state index contributed by atoms with van der Waals surface area (Å²) in [6.45, 7) is 1.95. The van der Waals surface area contributed by atoms with Crippen molar-refractivity contribution in [3.8, 4) is 0 Å². The molecule has 0 spiro atoms. The van der Waals surface area contributed by atoms with Crippen LogP contribution in [-0.4, -0.2) is 36.5 Å². The Bertz CT molecular complexity index is 1290. The van der Waals surface area contributed by atoms with E-state index in [-0.39, 0.29) is 11.4 Å². The summed E-state index contributed by atoms with van der Waals surface area (Å²) in [5.41, 5.74) is 2.71. The molecule has 0 fully saturated rings. The first-order chi connectivity index (χ1) is 15.5. The predicted molar refractivity (Wildman–Crippen MR) is 121 cm³/mol. The van der Waals surface area contributed by atoms with Crippen LogP contribution in [0.15, 0.2) is 91.0 Å². The molecule has 7 heteroatoms. The molecule has 2 N–H and O–H groups in total. The van der Waals surface area contributed by atoms with Gasteiger partial charge in [0, 0.05) is 12.4 Å². The summed E-state index contributed by atoms with van der Waals surface area (Å²) in [5, 5.41) is 17.4. The molecular weight excluding hydrogens is 404 g/mol. The molecule has 0 saturated carbocycles. The summed E-state index contributed by atoms with van der Waals surface area (Å²) >= 11 is 0. The second-order valence-corrected chi connectivity index (χ2v) is 7.12. The standard InChI is InChI=1S/C25H20N4O3/c1-17-9-11-19(12-10-17)20(15-18-7-3-2-4-8-18)21(22(30)24-26-16-27-28-24)23(31)25(32)29-13-5-6-14-29/h2-16,30H,1H3,(H,26,27,28). The number of aromatic amines is 1. The van der Waals surface area contributed by atoms with E-state index in [1.165, 1.54) is 23.3 Å². The summed E-state index contributed by atoms with van der Waals surface area (Å²) in [4.78, 5) is 30.4. The average Bonchev–Trinajstić information content (AvgIpc) is 3.54. The number of hydrogen-bond donors (Lipinski definition) is 2. The van der Waals surface area contributed by atoms with Gasteiger partial charge in [0.25, 0.3) is 5.78 Å². The molecule has 4 rings (SSSR count). The highest BCUT2D eigenvalue weighted by Crippen LogP contribution is 2.31. The first-order valence-corrected chi connectivity index (χ1v) is 9.89. The zero-order valence-electron chi connectivity index (χ0n) is 17.3. The number of rotatable bonds is 6. The molecule has 0 aliphatic carbocycles. The Kier molecular flexibility index (Phi) is 5.89. The van der Waals surface area contributed by atoms with Gasteiger partial charge in [-0.15, -0.1) is 0 Å². The monoisotopic (exact) mass is 424 g/mol. The SMILES string of the molecule is Cc1ccc(C(=Cc2ccccc2)C(C(=O)C(=O)n2cccc2)=C(O)c2ncn[nH]2)cc1. The Balaban J connectivity index is 1.96.